The van der Waals surface area contributed by atoms with Gasteiger partial charge in [0.2, 0.25) is 0 Å². The van der Waals surface area contributed by atoms with E-state index in [9.17, 15) is 31.1 Å². The van der Waals surface area contributed by atoms with Crippen LogP contribution < -0.4 is 10.1 Å². The topological polar surface area (TPSA) is 71.5 Å². The van der Waals surface area contributed by atoms with Gasteiger partial charge in [-0.1, -0.05) is 18.2 Å². The number of pyridine rings is 1. The van der Waals surface area contributed by atoms with Crippen molar-refractivity contribution in [1.82, 2.24) is 4.98 Å². The van der Waals surface area contributed by atoms with Crippen LogP contribution in [0, 0.1) is 5.92 Å². The van der Waals surface area contributed by atoms with Gasteiger partial charge in [-0.25, -0.2) is 0 Å². The summed E-state index contributed by atoms with van der Waals surface area (Å²) in [6.07, 6.45) is -7.52. The molecule has 0 saturated heterocycles. The lowest BCUT2D eigenvalue weighted by molar-refractivity contribution is -0.274. The molecule has 1 heterocycles. The standard InChI is InChI=1S/C24H18F6N2O3/c25-23(26,27)20-7-1-13(9-17(20)14-2-5-16(6-3-14)35-24(28,29)30)11-31-15-4-8-21(32-12-15)18-10-19(18)22(33)34/h1-9,12,18-19,31H,10-11H2,(H,33,34)/t18-,19-/m1/s1. The van der Waals surface area contributed by atoms with E-state index in [0.717, 1.165) is 30.3 Å². The van der Waals surface area contributed by atoms with Crippen LogP contribution in [-0.2, 0) is 17.5 Å². The van der Waals surface area contributed by atoms with Gasteiger partial charge in [-0.2, -0.15) is 13.2 Å². The molecule has 1 saturated carbocycles. The number of hydrogen-bond donors (Lipinski definition) is 2. The van der Waals surface area contributed by atoms with E-state index in [-0.39, 0.29) is 23.6 Å². The molecule has 184 valence electrons. The number of alkyl halides is 6. The van der Waals surface area contributed by atoms with E-state index < -0.39 is 35.7 Å². The SMILES string of the molecule is O=C(O)[C@@H]1C[C@H]1c1ccc(NCc2ccc(C(F)(F)F)c(-c3ccc(OC(F)(F)F)cc3)c2)cn1. The Balaban J connectivity index is 1.50. The van der Waals surface area contributed by atoms with Crippen molar-refractivity contribution in [3.05, 3.63) is 77.6 Å². The molecule has 1 aliphatic carbocycles. The number of aromatic nitrogens is 1. The molecule has 0 aliphatic heterocycles. The fourth-order valence-electron chi connectivity index (χ4n) is 3.75. The van der Waals surface area contributed by atoms with Crippen LogP contribution in [0.3, 0.4) is 0 Å². The van der Waals surface area contributed by atoms with Gasteiger partial charge in [0.1, 0.15) is 5.75 Å². The van der Waals surface area contributed by atoms with Gasteiger partial charge in [0.25, 0.3) is 0 Å². The number of benzene rings is 2. The number of carboxylic acids is 1. The second-order valence-electron chi connectivity index (χ2n) is 8.06. The summed E-state index contributed by atoms with van der Waals surface area (Å²) in [6, 6.07) is 11.1. The Hall–Kier alpha value is -3.76. The minimum absolute atomic E-state index is 0.0807. The molecule has 0 spiro atoms. The molecule has 2 atom stereocenters. The fraction of sp³-hybridized carbons (Fsp3) is 0.250. The molecule has 1 aliphatic rings. The average Bonchev–Trinajstić information content (AvgIpc) is 3.58. The average molecular weight is 496 g/mol. The van der Waals surface area contributed by atoms with E-state index in [1.165, 1.54) is 18.3 Å². The minimum atomic E-state index is -4.91. The van der Waals surface area contributed by atoms with Gasteiger partial charge < -0.3 is 15.2 Å². The largest absolute Gasteiger partial charge is 0.573 e. The van der Waals surface area contributed by atoms with Crippen molar-refractivity contribution in [3.8, 4) is 16.9 Å². The zero-order valence-corrected chi connectivity index (χ0v) is 17.8. The summed E-state index contributed by atoms with van der Waals surface area (Å²) in [5.74, 6) is -1.95. The highest BCUT2D eigenvalue weighted by Gasteiger charge is 2.45. The number of ether oxygens (including phenoxy) is 1. The first kappa shape index (κ1) is 24.4. The molecular formula is C24H18F6N2O3. The fourth-order valence-corrected chi connectivity index (χ4v) is 3.75. The second-order valence-corrected chi connectivity index (χ2v) is 8.06. The first-order chi connectivity index (χ1) is 16.4. The zero-order valence-electron chi connectivity index (χ0n) is 17.8. The Labute approximate surface area is 195 Å². The van der Waals surface area contributed by atoms with E-state index >= 15 is 0 Å². The van der Waals surface area contributed by atoms with Gasteiger partial charge in [-0.3, -0.25) is 9.78 Å². The van der Waals surface area contributed by atoms with Crippen LogP contribution in [0.2, 0.25) is 0 Å². The monoisotopic (exact) mass is 496 g/mol. The van der Waals surface area contributed by atoms with Crippen LogP contribution in [-0.4, -0.2) is 22.4 Å². The van der Waals surface area contributed by atoms with Crippen molar-refractivity contribution >= 4 is 11.7 Å². The van der Waals surface area contributed by atoms with Gasteiger partial charge in [0.15, 0.2) is 0 Å². The zero-order chi connectivity index (χ0) is 25.4. The van der Waals surface area contributed by atoms with E-state index in [2.05, 4.69) is 15.0 Å². The molecule has 2 aromatic carbocycles. The molecule has 0 amide bonds. The molecular weight excluding hydrogens is 478 g/mol. The summed E-state index contributed by atoms with van der Waals surface area (Å²) in [4.78, 5) is 15.3. The lowest BCUT2D eigenvalue weighted by atomic mass is 9.96. The third-order valence-corrected chi connectivity index (χ3v) is 5.56. The van der Waals surface area contributed by atoms with Crippen LogP contribution >= 0.6 is 0 Å². The Morgan fingerprint density at radius 1 is 1.03 bits per heavy atom. The first-order valence-electron chi connectivity index (χ1n) is 10.4. The smallest absolute Gasteiger partial charge is 0.481 e. The number of anilines is 1. The van der Waals surface area contributed by atoms with Crippen molar-refractivity contribution in [2.24, 2.45) is 5.92 Å². The van der Waals surface area contributed by atoms with E-state index in [1.54, 1.807) is 12.1 Å². The Bertz CT molecular complexity index is 1210. The molecule has 0 bridgehead atoms. The maximum atomic E-state index is 13.6. The van der Waals surface area contributed by atoms with Gasteiger partial charge in [0.05, 0.1) is 23.4 Å². The van der Waals surface area contributed by atoms with E-state index in [1.807, 2.05) is 0 Å². The Kier molecular flexibility index (Phi) is 6.35. The number of rotatable bonds is 7. The molecule has 4 rings (SSSR count). The van der Waals surface area contributed by atoms with Gasteiger partial charge in [0, 0.05) is 18.2 Å². The molecule has 11 heteroatoms. The first-order valence-corrected chi connectivity index (χ1v) is 10.4. The molecule has 1 fully saturated rings. The van der Waals surface area contributed by atoms with Crippen molar-refractivity contribution in [3.63, 3.8) is 0 Å². The lowest BCUT2D eigenvalue weighted by Crippen LogP contribution is -2.17. The van der Waals surface area contributed by atoms with Gasteiger partial charge >= 0.3 is 18.5 Å². The second kappa shape index (κ2) is 9.12. The predicted octanol–water partition coefficient (Wildman–Crippen LogP) is 6.47. The summed E-state index contributed by atoms with van der Waals surface area (Å²) in [6.45, 7) is 0.155. The summed E-state index contributed by atoms with van der Waals surface area (Å²) in [5.41, 5.74) is 0.735. The van der Waals surface area contributed by atoms with Crippen molar-refractivity contribution in [1.29, 1.82) is 0 Å². The van der Waals surface area contributed by atoms with Crippen LogP contribution in [0.25, 0.3) is 11.1 Å². The number of carbonyl (C=O) groups is 1. The third kappa shape index (κ3) is 6.03. The highest BCUT2D eigenvalue weighted by atomic mass is 19.4. The highest BCUT2D eigenvalue weighted by Crippen LogP contribution is 2.46. The molecule has 1 aromatic heterocycles. The quantitative estimate of drug-likeness (QED) is 0.367. The number of carboxylic acid groups (broad SMARTS) is 1. The summed E-state index contributed by atoms with van der Waals surface area (Å²) in [7, 11) is 0. The molecule has 35 heavy (non-hydrogen) atoms. The number of nitrogens with one attached hydrogen (secondary N) is 1. The van der Waals surface area contributed by atoms with E-state index in [4.69, 9.17) is 5.11 Å². The van der Waals surface area contributed by atoms with Crippen LogP contribution in [0.15, 0.2) is 60.8 Å². The molecule has 2 N–H and O–H groups in total. The summed E-state index contributed by atoms with van der Waals surface area (Å²) >= 11 is 0. The molecule has 3 aromatic rings. The Morgan fingerprint density at radius 3 is 2.29 bits per heavy atom. The van der Waals surface area contributed by atoms with Crippen LogP contribution in [0.1, 0.15) is 29.2 Å². The highest BCUT2D eigenvalue weighted by molar-refractivity contribution is 5.75. The maximum Gasteiger partial charge on any atom is 0.573 e. The number of aliphatic carboxylic acids is 1. The molecule has 0 radical (unpaired) electrons. The van der Waals surface area contributed by atoms with Gasteiger partial charge in [-0.15, -0.1) is 13.2 Å². The number of nitrogens with zero attached hydrogens (tertiary/aromatic N) is 1. The van der Waals surface area contributed by atoms with E-state index in [0.29, 0.717) is 23.4 Å². The van der Waals surface area contributed by atoms with Crippen molar-refractivity contribution in [2.75, 3.05) is 5.32 Å². The van der Waals surface area contributed by atoms with Crippen molar-refractivity contribution < 1.29 is 41.0 Å². The maximum absolute atomic E-state index is 13.6. The normalized spacial score (nSPS) is 17.7. The number of hydrogen-bond acceptors (Lipinski definition) is 4. The molecule has 0 unspecified atom stereocenters. The number of halogens is 6. The minimum Gasteiger partial charge on any atom is -0.481 e. The van der Waals surface area contributed by atoms with Crippen LogP contribution in [0.5, 0.6) is 5.75 Å². The van der Waals surface area contributed by atoms with Gasteiger partial charge in [-0.05, 0) is 59.5 Å². The summed E-state index contributed by atoms with van der Waals surface area (Å²) in [5, 5.41) is 12.1. The summed E-state index contributed by atoms with van der Waals surface area (Å²) < 4.78 is 81.6. The third-order valence-electron chi connectivity index (χ3n) is 5.56. The molecule has 5 nitrogen and oxygen atoms in total. The van der Waals surface area contributed by atoms with Crippen LogP contribution in [0.4, 0.5) is 32.0 Å². The Morgan fingerprint density at radius 2 is 1.74 bits per heavy atom. The predicted molar refractivity (Wildman–Crippen MR) is 114 cm³/mol. The lowest BCUT2D eigenvalue weighted by Gasteiger charge is -2.16. The van der Waals surface area contributed by atoms with Crippen molar-refractivity contribution in [2.45, 2.75) is 31.4 Å².